The average molecular weight is 321 g/mol. The highest BCUT2D eigenvalue weighted by atomic mass is 19.1. The highest BCUT2D eigenvalue weighted by Gasteiger charge is 2.72. The summed E-state index contributed by atoms with van der Waals surface area (Å²) in [6.07, 6.45) is 1.87. The third-order valence-corrected chi connectivity index (χ3v) is 5.55. The van der Waals surface area contributed by atoms with Crippen LogP contribution in [0.1, 0.15) is 43.1 Å². The number of hydrogen-bond donors (Lipinski definition) is 0. The third-order valence-electron chi connectivity index (χ3n) is 5.55. The maximum Gasteiger partial charge on any atom is 0.347 e. The van der Waals surface area contributed by atoms with E-state index >= 15 is 0 Å². The molecule has 3 fully saturated rings. The van der Waals surface area contributed by atoms with Crippen LogP contribution < -0.4 is 5.69 Å². The molecule has 6 rings (SSSR count). The summed E-state index contributed by atoms with van der Waals surface area (Å²) in [5, 5.41) is 4.34. The van der Waals surface area contributed by atoms with E-state index in [-0.39, 0.29) is 11.3 Å². The smallest absolute Gasteiger partial charge is 0.271 e. The number of aromatic nitrogens is 3. The van der Waals surface area contributed by atoms with Crippen molar-refractivity contribution in [3.8, 4) is 0 Å². The topological polar surface area (TPSA) is 39.8 Å². The zero-order valence-corrected chi connectivity index (χ0v) is 12.2. The van der Waals surface area contributed by atoms with Gasteiger partial charge in [-0.2, -0.15) is 5.10 Å². The molecule has 0 saturated heterocycles. The van der Waals surface area contributed by atoms with Gasteiger partial charge >= 0.3 is 5.69 Å². The highest BCUT2D eigenvalue weighted by molar-refractivity contribution is 5.28. The van der Waals surface area contributed by atoms with E-state index in [1.807, 2.05) is 0 Å². The lowest BCUT2D eigenvalue weighted by Crippen LogP contribution is -2.72. The molecule has 0 amide bonds. The number of halogens is 3. The van der Waals surface area contributed by atoms with Crippen molar-refractivity contribution in [1.82, 2.24) is 14.3 Å². The molecule has 1 atom stereocenters. The van der Waals surface area contributed by atoms with Gasteiger partial charge in [0.05, 0.1) is 11.6 Å². The van der Waals surface area contributed by atoms with Crippen LogP contribution in [0, 0.1) is 11.6 Å². The van der Waals surface area contributed by atoms with Gasteiger partial charge in [0.15, 0.2) is 0 Å². The Bertz CT molecular complexity index is 860. The molecular weight excluding hydrogens is 307 g/mol. The lowest BCUT2D eigenvalue weighted by Gasteiger charge is -2.64. The summed E-state index contributed by atoms with van der Waals surface area (Å²) < 4.78 is 44.6. The molecular formula is C16H14F3N3O. The molecule has 1 unspecified atom stereocenters. The number of fused-ring (bicyclic) bond motifs is 1. The van der Waals surface area contributed by atoms with Crippen LogP contribution in [0.3, 0.4) is 0 Å². The number of nitrogens with zero attached hydrogens (tertiary/aromatic N) is 3. The van der Waals surface area contributed by atoms with Crippen LogP contribution in [0.2, 0.25) is 0 Å². The minimum atomic E-state index is -1.13. The Hall–Kier alpha value is -2.05. The van der Waals surface area contributed by atoms with E-state index in [4.69, 9.17) is 0 Å². The molecule has 7 heteroatoms. The van der Waals surface area contributed by atoms with Crippen molar-refractivity contribution < 1.29 is 13.2 Å². The molecule has 0 N–H and O–H groups in total. The lowest BCUT2D eigenvalue weighted by atomic mass is 9.47. The molecule has 23 heavy (non-hydrogen) atoms. The van der Waals surface area contributed by atoms with Gasteiger partial charge in [-0.15, -0.1) is 0 Å². The van der Waals surface area contributed by atoms with Gasteiger partial charge < -0.3 is 0 Å². The Kier molecular flexibility index (Phi) is 2.26. The number of benzene rings is 1. The zero-order valence-electron chi connectivity index (χ0n) is 12.2. The monoisotopic (exact) mass is 321 g/mol. The van der Waals surface area contributed by atoms with Crippen molar-refractivity contribution >= 4 is 0 Å². The van der Waals surface area contributed by atoms with Crippen molar-refractivity contribution in [3.05, 3.63) is 51.7 Å². The molecule has 2 heterocycles. The van der Waals surface area contributed by atoms with Gasteiger partial charge in [-0.25, -0.2) is 22.6 Å². The molecule has 2 aromatic rings. The van der Waals surface area contributed by atoms with Gasteiger partial charge in [0.25, 0.3) is 0 Å². The first-order chi connectivity index (χ1) is 10.9. The largest absolute Gasteiger partial charge is 0.347 e. The van der Waals surface area contributed by atoms with E-state index in [1.165, 1.54) is 27.4 Å². The minimum Gasteiger partial charge on any atom is -0.271 e. The fraction of sp³-hybridized carbons (Fsp3) is 0.500. The predicted molar refractivity (Wildman–Crippen MR) is 75.0 cm³/mol. The molecule has 1 aromatic carbocycles. The van der Waals surface area contributed by atoms with E-state index in [2.05, 4.69) is 5.10 Å². The Balaban J connectivity index is 1.62. The predicted octanol–water partition coefficient (Wildman–Crippen LogP) is 2.46. The molecule has 3 aliphatic carbocycles. The second-order valence-corrected chi connectivity index (χ2v) is 7.08. The summed E-state index contributed by atoms with van der Waals surface area (Å²) in [5.74, 6) is -0.785. The minimum absolute atomic E-state index is 0.0903. The Morgan fingerprint density at radius 1 is 1.17 bits per heavy atom. The molecule has 0 radical (unpaired) electrons. The van der Waals surface area contributed by atoms with E-state index in [0.29, 0.717) is 37.9 Å². The van der Waals surface area contributed by atoms with E-state index < -0.39 is 28.9 Å². The first kappa shape index (κ1) is 13.4. The Morgan fingerprint density at radius 2 is 1.83 bits per heavy atom. The summed E-state index contributed by atoms with van der Waals surface area (Å²) in [4.78, 5) is 12.7. The van der Waals surface area contributed by atoms with E-state index in [1.54, 1.807) is 0 Å². The first-order valence-electron chi connectivity index (χ1n) is 7.76. The summed E-state index contributed by atoms with van der Waals surface area (Å²) in [5.41, 5.74) is -2.12. The second kappa shape index (κ2) is 3.88. The number of alkyl halides is 1. The average Bonchev–Trinajstić information content (AvgIpc) is 2.96. The van der Waals surface area contributed by atoms with Gasteiger partial charge in [-0.1, -0.05) is 6.07 Å². The first-order valence-corrected chi connectivity index (χ1v) is 7.76. The van der Waals surface area contributed by atoms with Crippen LogP contribution in [0.5, 0.6) is 0 Å². The van der Waals surface area contributed by atoms with Crippen molar-refractivity contribution in [3.63, 3.8) is 0 Å². The van der Waals surface area contributed by atoms with Crippen LogP contribution in [-0.2, 0) is 12.0 Å². The van der Waals surface area contributed by atoms with Crippen molar-refractivity contribution in [2.75, 3.05) is 0 Å². The van der Waals surface area contributed by atoms with E-state index in [9.17, 15) is 18.0 Å². The maximum atomic E-state index is 14.1. The molecule has 4 aliphatic rings. The zero-order chi connectivity index (χ0) is 16.0. The van der Waals surface area contributed by atoms with Gasteiger partial charge in [-0.3, -0.25) is 4.57 Å². The summed E-state index contributed by atoms with van der Waals surface area (Å²) in [6.45, 7) is 0. The van der Waals surface area contributed by atoms with Crippen molar-refractivity contribution in [2.45, 2.75) is 49.4 Å². The van der Waals surface area contributed by atoms with Crippen molar-refractivity contribution in [2.24, 2.45) is 0 Å². The molecule has 1 aromatic heterocycles. The van der Waals surface area contributed by atoms with Crippen LogP contribution in [0.25, 0.3) is 0 Å². The maximum absolute atomic E-state index is 14.1. The van der Waals surface area contributed by atoms with Gasteiger partial charge in [0.2, 0.25) is 0 Å². The van der Waals surface area contributed by atoms with E-state index in [0.717, 1.165) is 0 Å². The highest BCUT2D eigenvalue weighted by Crippen LogP contribution is 2.66. The fourth-order valence-electron chi connectivity index (χ4n) is 4.55. The Morgan fingerprint density at radius 3 is 2.43 bits per heavy atom. The summed E-state index contributed by atoms with van der Waals surface area (Å²) >= 11 is 0. The molecule has 120 valence electrons. The number of aryl methyl sites for hydroxylation is 1. The summed E-state index contributed by atoms with van der Waals surface area (Å²) in [7, 11) is 0. The molecule has 0 spiro atoms. The van der Waals surface area contributed by atoms with Crippen LogP contribution in [-0.4, -0.2) is 20.0 Å². The van der Waals surface area contributed by atoms with Gasteiger partial charge in [-0.05, 0) is 18.6 Å². The second-order valence-electron chi connectivity index (χ2n) is 7.08. The molecule has 4 nitrogen and oxygen atoms in total. The molecule has 1 aliphatic heterocycles. The fourth-order valence-corrected chi connectivity index (χ4v) is 4.55. The van der Waals surface area contributed by atoms with Crippen molar-refractivity contribution in [1.29, 1.82) is 0 Å². The van der Waals surface area contributed by atoms with Crippen LogP contribution in [0.4, 0.5) is 13.2 Å². The lowest BCUT2D eigenvalue weighted by molar-refractivity contribution is -0.205. The number of hydrogen-bond acceptors (Lipinski definition) is 2. The van der Waals surface area contributed by atoms with Crippen LogP contribution in [0.15, 0.2) is 23.0 Å². The molecule has 2 bridgehead atoms. The third kappa shape index (κ3) is 1.52. The SMILES string of the molecule is O=c1n(C23CC(F)(C2)C3)nc2n1C(c1c(F)cccc1F)CC2. The molecule has 3 saturated carbocycles. The quantitative estimate of drug-likeness (QED) is 0.852. The summed E-state index contributed by atoms with van der Waals surface area (Å²) in [6, 6.07) is 3.01. The Labute approximate surface area is 129 Å². The van der Waals surface area contributed by atoms with Gasteiger partial charge in [0.1, 0.15) is 23.1 Å². The number of rotatable bonds is 2. The standard InChI is InChI=1S/C16H14F3N3O/c17-9-2-1-3-10(18)13(9)11-4-5-12-20-22(14(23)21(11)12)16-6-15(19,7-16)8-16/h1-3,11H,4-8H2. The van der Waals surface area contributed by atoms with Gasteiger partial charge in [0, 0.05) is 31.2 Å². The van der Waals surface area contributed by atoms with Crippen LogP contribution >= 0.6 is 0 Å². The normalized spacial score (nSPS) is 34.0.